The third-order valence-corrected chi connectivity index (χ3v) is 3.92. The summed E-state index contributed by atoms with van der Waals surface area (Å²) in [6.07, 6.45) is 2.32. The van der Waals surface area contributed by atoms with Crippen molar-refractivity contribution in [3.8, 4) is 5.75 Å². The van der Waals surface area contributed by atoms with E-state index in [9.17, 15) is 0 Å². The summed E-state index contributed by atoms with van der Waals surface area (Å²) in [4.78, 5) is 0. The molecule has 0 aliphatic rings. The summed E-state index contributed by atoms with van der Waals surface area (Å²) in [5, 5.41) is 3.38. The average molecular weight is 409 g/mol. The first-order valence-electron chi connectivity index (χ1n) is 7.08. The summed E-state index contributed by atoms with van der Waals surface area (Å²) in [7, 11) is 0. The van der Waals surface area contributed by atoms with Gasteiger partial charge in [0, 0.05) is 19.7 Å². The van der Waals surface area contributed by atoms with Gasteiger partial charge in [0.2, 0.25) is 0 Å². The fourth-order valence-electron chi connectivity index (χ4n) is 1.72. The van der Waals surface area contributed by atoms with E-state index in [4.69, 9.17) is 9.47 Å². The van der Waals surface area contributed by atoms with E-state index < -0.39 is 0 Å². The number of rotatable bonds is 10. The SMILES string of the molecule is CCCCOCCNCc1cc(Br)c(OCC)c(Br)c1. The van der Waals surface area contributed by atoms with Crippen LogP contribution in [0.15, 0.2) is 21.1 Å². The molecule has 0 fully saturated rings. The van der Waals surface area contributed by atoms with Gasteiger partial charge in [0.15, 0.2) is 0 Å². The normalized spacial score (nSPS) is 10.8. The van der Waals surface area contributed by atoms with E-state index in [2.05, 4.69) is 56.2 Å². The Bertz CT molecular complexity index is 376. The molecule has 0 aliphatic heterocycles. The highest BCUT2D eigenvalue weighted by Crippen LogP contribution is 2.34. The van der Waals surface area contributed by atoms with Crippen molar-refractivity contribution in [2.45, 2.75) is 33.2 Å². The van der Waals surface area contributed by atoms with Crippen molar-refractivity contribution in [1.82, 2.24) is 5.32 Å². The largest absolute Gasteiger partial charge is 0.492 e. The summed E-state index contributed by atoms with van der Waals surface area (Å²) in [5.41, 5.74) is 1.21. The number of benzene rings is 1. The van der Waals surface area contributed by atoms with Crippen molar-refractivity contribution in [3.63, 3.8) is 0 Å². The Morgan fingerprint density at radius 2 is 1.80 bits per heavy atom. The first-order valence-corrected chi connectivity index (χ1v) is 8.66. The number of hydrogen-bond acceptors (Lipinski definition) is 3. The summed E-state index contributed by atoms with van der Waals surface area (Å²) >= 11 is 7.09. The highest BCUT2D eigenvalue weighted by atomic mass is 79.9. The van der Waals surface area contributed by atoms with Crippen molar-refractivity contribution < 1.29 is 9.47 Å². The van der Waals surface area contributed by atoms with Gasteiger partial charge < -0.3 is 14.8 Å². The van der Waals surface area contributed by atoms with Gasteiger partial charge >= 0.3 is 0 Å². The van der Waals surface area contributed by atoms with Crippen LogP contribution in [0.25, 0.3) is 0 Å². The van der Waals surface area contributed by atoms with Crippen LogP contribution in [-0.4, -0.2) is 26.4 Å². The maximum Gasteiger partial charge on any atom is 0.147 e. The topological polar surface area (TPSA) is 30.5 Å². The second-order valence-corrected chi connectivity index (χ2v) is 6.17. The molecule has 1 aromatic carbocycles. The third-order valence-electron chi connectivity index (χ3n) is 2.74. The van der Waals surface area contributed by atoms with Crippen molar-refractivity contribution in [2.24, 2.45) is 0 Å². The molecule has 1 N–H and O–H groups in total. The molecule has 0 radical (unpaired) electrons. The predicted octanol–water partition coefficient (Wildman–Crippen LogP) is 4.52. The van der Waals surface area contributed by atoms with Gasteiger partial charge in [-0.05, 0) is 62.9 Å². The summed E-state index contributed by atoms with van der Waals surface area (Å²) in [5.74, 6) is 0.860. The Kier molecular flexibility index (Phi) is 9.52. The molecular formula is C15H23Br2NO2. The van der Waals surface area contributed by atoms with Crippen molar-refractivity contribution in [1.29, 1.82) is 0 Å². The van der Waals surface area contributed by atoms with Gasteiger partial charge in [0.05, 0.1) is 22.2 Å². The summed E-state index contributed by atoms with van der Waals surface area (Å²) in [6.45, 7) is 8.12. The first kappa shape index (κ1) is 18.0. The van der Waals surface area contributed by atoms with E-state index in [1.807, 2.05) is 6.92 Å². The zero-order valence-corrected chi connectivity index (χ0v) is 15.3. The quantitative estimate of drug-likeness (QED) is 0.577. The molecular weight excluding hydrogens is 386 g/mol. The van der Waals surface area contributed by atoms with Gasteiger partial charge in [-0.15, -0.1) is 0 Å². The molecule has 114 valence electrons. The van der Waals surface area contributed by atoms with Gasteiger partial charge in [-0.25, -0.2) is 0 Å². The molecule has 1 rings (SSSR count). The van der Waals surface area contributed by atoms with Gasteiger partial charge in [-0.2, -0.15) is 0 Å². The van der Waals surface area contributed by atoms with Crippen LogP contribution >= 0.6 is 31.9 Å². The Morgan fingerprint density at radius 1 is 1.10 bits per heavy atom. The minimum atomic E-state index is 0.657. The molecule has 3 nitrogen and oxygen atoms in total. The molecule has 0 saturated carbocycles. The monoisotopic (exact) mass is 407 g/mol. The van der Waals surface area contributed by atoms with Crippen LogP contribution in [0.2, 0.25) is 0 Å². The smallest absolute Gasteiger partial charge is 0.147 e. The van der Waals surface area contributed by atoms with Crippen LogP contribution in [-0.2, 0) is 11.3 Å². The zero-order valence-electron chi connectivity index (χ0n) is 12.2. The Labute approximate surface area is 138 Å². The molecule has 20 heavy (non-hydrogen) atoms. The fourth-order valence-corrected chi connectivity index (χ4v) is 3.23. The van der Waals surface area contributed by atoms with E-state index in [0.29, 0.717) is 6.61 Å². The van der Waals surface area contributed by atoms with E-state index in [1.54, 1.807) is 0 Å². The highest BCUT2D eigenvalue weighted by Gasteiger charge is 2.08. The maximum absolute atomic E-state index is 5.57. The summed E-state index contributed by atoms with van der Waals surface area (Å²) in [6, 6.07) is 4.17. The molecule has 0 amide bonds. The second-order valence-electron chi connectivity index (χ2n) is 4.46. The van der Waals surface area contributed by atoms with Crippen LogP contribution in [0.5, 0.6) is 5.75 Å². The lowest BCUT2D eigenvalue weighted by molar-refractivity contribution is 0.133. The molecule has 0 heterocycles. The van der Waals surface area contributed by atoms with Crippen molar-refractivity contribution in [3.05, 3.63) is 26.6 Å². The molecule has 0 unspecified atom stereocenters. The molecule has 0 atom stereocenters. The Balaban J connectivity index is 2.34. The number of ether oxygens (including phenoxy) is 2. The molecule has 0 bridgehead atoms. The van der Waals surface area contributed by atoms with E-state index in [1.165, 1.54) is 12.0 Å². The molecule has 0 aliphatic carbocycles. The van der Waals surface area contributed by atoms with E-state index in [0.717, 1.165) is 47.4 Å². The molecule has 1 aromatic rings. The zero-order chi connectivity index (χ0) is 14.8. The minimum Gasteiger partial charge on any atom is -0.492 e. The molecule has 0 aromatic heterocycles. The number of nitrogens with one attached hydrogen (secondary N) is 1. The lowest BCUT2D eigenvalue weighted by Crippen LogP contribution is -2.19. The molecule has 5 heteroatoms. The third kappa shape index (κ3) is 6.57. The van der Waals surface area contributed by atoms with Crippen LogP contribution in [0, 0.1) is 0 Å². The number of unbranched alkanes of at least 4 members (excludes halogenated alkanes) is 1. The second kappa shape index (κ2) is 10.6. The Morgan fingerprint density at radius 3 is 2.40 bits per heavy atom. The van der Waals surface area contributed by atoms with E-state index in [-0.39, 0.29) is 0 Å². The lowest BCUT2D eigenvalue weighted by Gasteiger charge is -2.11. The molecule has 0 saturated heterocycles. The fraction of sp³-hybridized carbons (Fsp3) is 0.600. The average Bonchev–Trinajstić information content (AvgIpc) is 2.42. The standard InChI is InChI=1S/C15H23Br2NO2/c1-3-5-7-19-8-6-18-11-12-9-13(16)15(20-4-2)14(17)10-12/h9-10,18H,3-8,11H2,1-2H3. The molecule has 0 spiro atoms. The van der Waals surface area contributed by atoms with Gasteiger partial charge in [-0.3, -0.25) is 0 Å². The minimum absolute atomic E-state index is 0.657. The number of halogens is 2. The van der Waals surface area contributed by atoms with Gasteiger partial charge in [0.1, 0.15) is 5.75 Å². The lowest BCUT2D eigenvalue weighted by atomic mass is 10.2. The van der Waals surface area contributed by atoms with Crippen LogP contribution < -0.4 is 10.1 Å². The highest BCUT2D eigenvalue weighted by molar-refractivity contribution is 9.11. The maximum atomic E-state index is 5.57. The van der Waals surface area contributed by atoms with Crippen LogP contribution in [0.4, 0.5) is 0 Å². The Hall–Kier alpha value is -0.100. The predicted molar refractivity (Wildman–Crippen MR) is 90.4 cm³/mol. The first-order chi connectivity index (χ1) is 9.69. The van der Waals surface area contributed by atoms with E-state index >= 15 is 0 Å². The van der Waals surface area contributed by atoms with Crippen LogP contribution in [0.1, 0.15) is 32.3 Å². The van der Waals surface area contributed by atoms with Crippen molar-refractivity contribution >= 4 is 31.9 Å². The summed E-state index contributed by atoms with van der Waals surface area (Å²) < 4.78 is 13.0. The number of hydrogen-bond donors (Lipinski definition) is 1. The van der Waals surface area contributed by atoms with Crippen molar-refractivity contribution in [2.75, 3.05) is 26.4 Å². The van der Waals surface area contributed by atoms with Gasteiger partial charge in [0.25, 0.3) is 0 Å². The van der Waals surface area contributed by atoms with Gasteiger partial charge in [-0.1, -0.05) is 13.3 Å². The van der Waals surface area contributed by atoms with Crippen LogP contribution in [0.3, 0.4) is 0 Å².